The van der Waals surface area contributed by atoms with Crippen molar-refractivity contribution in [1.29, 1.82) is 0 Å². The number of hydrogen-bond donors (Lipinski definition) is 1. The molecule has 1 rings (SSSR count). The summed E-state index contributed by atoms with van der Waals surface area (Å²) in [5.41, 5.74) is 1.98. The molecule has 0 atom stereocenters. The lowest BCUT2D eigenvalue weighted by Gasteiger charge is -2.12. The quantitative estimate of drug-likeness (QED) is 0.689. The van der Waals surface area contributed by atoms with Crippen LogP contribution < -0.4 is 5.32 Å². The maximum absolute atomic E-state index is 11.6. The van der Waals surface area contributed by atoms with E-state index in [4.69, 9.17) is 4.74 Å². The van der Waals surface area contributed by atoms with Gasteiger partial charge in [0.2, 0.25) is 5.91 Å². The topological polar surface area (TPSA) is 38.3 Å². The number of nitrogens with one attached hydrogen (secondary N) is 1. The van der Waals surface area contributed by atoms with Gasteiger partial charge in [-0.3, -0.25) is 4.79 Å². The molecule has 0 bridgehead atoms. The molecule has 0 fully saturated rings. The second-order valence-electron chi connectivity index (χ2n) is 3.35. The highest BCUT2D eigenvalue weighted by molar-refractivity contribution is 5.94. The molecule has 1 aliphatic rings. The van der Waals surface area contributed by atoms with Gasteiger partial charge >= 0.3 is 0 Å². The van der Waals surface area contributed by atoms with Crippen molar-refractivity contribution in [3.05, 3.63) is 23.3 Å². The van der Waals surface area contributed by atoms with Crippen LogP contribution in [0.3, 0.4) is 0 Å². The summed E-state index contributed by atoms with van der Waals surface area (Å²) in [7, 11) is 1.63. The Morgan fingerprint density at radius 3 is 3.07 bits per heavy atom. The molecule has 0 aliphatic heterocycles. The summed E-state index contributed by atoms with van der Waals surface area (Å²) in [5.74, 6) is 0.0453. The Bertz CT molecular complexity index is 266. The molecule has 0 radical (unpaired) electrons. The van der Waals surface area contributed by atoms with Crippen molar-refractivity contribution in [2.45, 2.75) is 19.8 Å². The monoisotopic (exact) mass is 195 g/mol. The maximum atomic E-state index is 11.6. The van der Waals surface area contributed by atoms with Gasteiger partial charge in [-0.1, -0.05) is 12.2 Å². The highest BCUT2D eigenvalue weighted by atomic mass is 16.5. The first kappa shape index (κ1) is 11.0. The van der Waals surface area contributed by atoms with E-state index in [1.807, 2.05) is 13.0 Å². The van der Waals surface area contributed by atoms with Crippen molar-refractivity contribution in [1.82, 2.24) is 5.32 Å². The average molecular weight is 195 g/mol. The minimum Gasteiger partial charge on any atom is -0.383 e. The smallest absolute Gasteiger partial charge is 0.247 e. The number of hydrogen-bond acceptors (Lipinski definition) is 2. The Morgan fingerprint density at radius 2 is 2.43 bits per heavy atom. The number of carbonyl (C=O) groups is 1. The molecule has 1 aliphatic carbocycles. The standard InChI is InChI=1S/C11H17NO2/c1-9-5-3-4-6-10(9)11(13)12-7-8-14-2/h3,5H,4,6-8H2,1-2H3,(H,12,13). The molecule has 0 saturated carbocycles. The molecular weight excluding hydrogens is 178 g/mol. The third-order valence-corrected chi connectivity index (χ3v) is 2.27. The fraction of sp³-hybridized carbons (Fsp3) is 0.545. The van der Waals surface area contributed by atoms with E-state index in [0.29, 0.717) is 13.2 Å². The van der Waals surface area contributed by atoms with Crippen LogP contribution in [0.2, 0.25) is 0 Å². The Morgan fingerprint density at radius 1 is 1.64 bits per heavy atom. The average Bonchev–Trinajstić information content (AvgIpc) is 2.18. The zero-order valence-corrected chi connectivity index (χ0v) is 8.80. The van der Waals surface area contributed by atoms with Crippen LogP contribution in [0.25, 0.3) is 0 Å². The molecule has 0 aromatic carbocycles. The number of ether oxygens (including phenoxy) is 1. The predicted molar refractivity (Wildman–Crippen MR) is 56.0 cm³/mol. The number of methoxy groups -OCH3 is 1. The molecule has 0 unspecified atom stereocenters. The lowest BCUT2D eigenvalue weighted by atomic mass is 9.98. The summed E-state index contributed by atoms with van der Waals surface area (Å²) in [6, 6.07) is 0. The number of carbonyl (C=O) groups excluding carboxylic acids is 1. The Hall–Kier alpha value is -1.09. The molecule has 3 heteroatoms. The van der Waals surface area contributed by atoms with Crippen molar-refractivity contribution < 1.29 is 9.53 Å². The fourth-order valence-corrected chi connectivity index (χ4v) is 1.45. The predicted octanol–water partition coefficient (Wildman–Crippen LogP) is 1.42. The molecule has 1 N–H and O–H groups in total. The summed E-state index contributed by atoms with van der Waals surface area (Å²) >= 11 is 0. The molecule has 0 aromatic rings. The SMILES string of the molecule is COCCNC(=O)C1=C(C)C=CCC1. The first-order chi connectivity index (χ1) is 6.75. The van der Waals surface area contributed by atoms with Crippen LogP contribution in [0.15, 0.2) is 23.3 Å². The van der Waals surface area contributed by atoms with Gasteiger partial charge in [0.05, 0.1) is 6.61 Å². The number of allylic oxidation sites excluding steroid dienone is 3. The first-order valence-corrected chi connectivity index (χ1v) is 4.89. The molecule has 0 saturated heterocycles. The summed E-state index contributed by atoms with van der Waals surface area (Å²) < 4.78 is 4.86. The van der Waals surface area contributed by atoms with E-state index in [-0.39, 0.29) is 5.91 Å². The van der Waals surface area contributed by atoms with Crippen LogP contribution in [0, 0.1) is 0 Å². The highest BCUT2D eigenvalue weighted by Crippen LogP contribution is 2.18. The minimum absolute atomic E-state index is 0.0453. The zero-order chi connectivity index (χ0) is 10.4. The van der Waals surface area contributed by atoms with E-state index >= 15 is 0 Å². The van der Waals surface area contributed by atoms with Crippen molar-refractivity contribution in [3.63, 3.8) is 0 Å². The van der Waals surface area contributed by atoms with E-state index in [9.17, 15) is 4.79 Å². The van der Waals surface area contributed by atoms with E-state index in [1.165, 1.54) is 0 Å². The van der Waals surface area contributed by atoms with Gasteiger partial charge in [-0.15, -0.1) is 0 Å². The van der Waals surface area contributed by atoms with Crippen LogP contribution in [0.4, 0.5) is 0 Å². The van der Waals surface area contributed by atoms with Gasteiger partial charge in [0, 0.05) is 19.2 Å². The van der Waals surface area contributed by atoms with E-state index in [2.05, 4.69) is 11.4 Å². The lowest BCUT2D eigenvalue weighted by molar-refractivity contribution is -0.117. The van der Waals surface area contributed by atoms with Crippen LogP contribution in [0.5, 0.6) is 0 Å². The van der Waals surface area contributed by atoms with Crippen LogP contribution in [-0.4, -0.2) is 26.2 Å². The Labute approximate surface area is 84.8 Å². The zero-order valence-electron chi connectivity index (χ0n) is 8.80. The first-order valence-electron chi connectivity index (χ1n) is 4.89. The molecule has 1 amide bonds. The molecule has 78 valence electrons. The molecule has 14 heavy (non-hydrogen) atoms. The molecule has 0 aromatic heterocycles. The van der Waals surface area contributed by atoms with Gasteiger partial charge in [-0.25, -0.2) is 0 Å². The summed E-state index contributed by atoms with van der Waals surface area (Å²) in [6.45, 7) is 3.12. The molecular formula is C11H17NO2. The van der Waals surface area contributed by atoms with Gasteiger partial charge in [-0.2, -0.15) is 0 Å². The van der Waals surface area contributed by atoms with Crippen LogP contribution >= 0.6 is 0 Å². The van der Waals surface area contributed by atoms with Crippen molar-refractivity contribution in [3.8, 4) is 0 Å². The van der Waals surface area contributed by atoms with E-state index in [1.54, 1.807) is 7.11 Å². The second kappa shape index (κ2) is 5.60. The normalized spacial score (nSPS) is 15.9. The highest BCUT2D eigenvalue weighted by Gasteiger charge is 2.12. The number of rotatable bonds is 4. The summed E-state index contributed by atoms with van der Waals surface area (Å²) in [6.07, 6.45) is 5.92. The van der Waals surface area contributed by atoms with Crippen molar-refractivity contribution >= 4 is 5.91 Å². The third kappa shape index (κ3) is 3.00. The molecule has 0 spiro atoms. The van der Waals surface area contributed by atoms with E-state index in [0.717, 1.165) is 24.0 Å². The van der Waals surface area contributed by atoms with Gasteiger partial charge in [-0.05, 0) is 25.3 Å². The van der Waals surface area contributed by atoms with Crippen LogP contribution in [0.1, 0.15) is 19.8 Å². The van der Waals surface area contributed by atoms with Crippen LogP contribution in [-0.2, 0) is 9.53 Å². The molecule has 0 heterocycles. The van der Waals surface area contributed by atoms with Gasteiger partial charge in [0.15, 0.2) is 0 Å². The lowest BCUT2D eigenvalue weighted by Crippen LogP contribution is -2.29. The Kier molecular flexibility index (Phi) is 4.40. The van der Waals surface area contributed by atoms with Gasteiger partial charge in [0.25, 0.3) is 0 Å². The third-order valence-electron chi connectivity index (χ3n) is 2.27. The van der Waals surface area contributed by atoms with E-state index < -0.39 is 0 Å². The summed E-state index contributed by atoms with van der Waals surface area (Å²) in [5, 5.41) is 2.83. The van der Waals surface area contributed by atoms with Gasteiger partial charge < -0.3 is 10.1 Å². The minimum atomic E-state index is 0.0453. The number of amides is 1. The van der Waals surface area contributed by atoms with Crippen molar-refractivity contribution in [2.24, 2.45) is 0 Å². The Balaban J connectivity index is 2.47. The second-order valence-corrected chi connectivity index (χ2v) is 3.35. The van der Waals surface area contributed by atoms with Crippen molar-refractivity contribution in [2.75, 3.05) is 20.3 Å². The summed E-state index contributed by atoms with van der Waals surface area (Å²) in [4.78, 5) is 11.6. The fourth-order valence-electron chi connectivity index (χ4n) is 1.45. The largest absolute Gasteiger partial charge is 0.383 e. The molecule has 3 nitrogen and oxygen atoms in total. The maximum Gasteiger partial charge on any atom is 0.247 e. The van der Waals surface area contributed by atoms with Gasteiger partial charge in [0.1, 0.15) is 0 Å².